The van der Waals surface area contributed by atoms with Crippen molar-refractivity contribution in [3.8, 4) is 11.1 Å². The summed E-state index contributed by atoms with van der Waals surface area (Å²) >= 11 is 1.40. The molecule has 692 valence electrons. The first kappa shape index (κ1) is 101. The fourth-order valence-electron chi connectivity index (χ4n) is 16.0. The topological polar surface area (TPSA) is 406 Å². The summed E-state index contributed by atoms with van der Waals surface area (Å²) in [5, 5.41) is 37.5. The minimum atomic E-state index is -1.60. The predicted octanol–water partition coefficient (Wildman–Crippen LogP) is 10.1. The van der Waals surface area contributed by atoms with E-state index in [1.165, 1.54) is 35.4 Å². The number of alkyl carbamates (subject to hydrolysis) is 2. The van der Waals surface area contributed by atoms with E-state index in [1.807, 2.05) is 153 Å². The maximum atomic E-state index is 15.2. The average molecular weight is 1780 g/mol. The molecule has 0 unspecified atom stereocenters. The standard InChI is InChI=1S/C96H134N12O18S/c1-18-58(4)77(103-76(109)54-98-82(111)73(102-92(122)123-55-70-68-46-32-30-44-66(68)67-45-31-33-47-69(67)70)57-127-96(63-38-24-21-25-39-63,64-40-26-22-27-41-64)65-42-28-23-29-43-65)86(115)100-71(48-34-35-51-97-91(121)126-95(15,16)17)83(112)106-80(62(8)125-94(12,13)14)87(116)99-61(7)81(110)101-72(56-124-93(9,10)11)84(113)104-78(59(5)19-2)89(118)108-53-37-50-75(108)88(117)107-52-36-49-74(107)85(114)105-79(90(119)120)60(6)20-3/h21-33,38-47,58-62,70-75,77-80H,18-20,34-37,48-57H2,1-17H3,(H,97,121)(H,98,111)(H,99,116)(H,100,115)(H,101,110)(H,102,122)(H,103,109)(H,104,113)(H,105,114)(H,106,112)(H,119,120)/t58-,59-,60-,61-,62+,71-,72-,73-,74-,75-,77-,78-,79-,80-/m0/s1. The minimum absolute atomic E-state index is 0.0589. The lowest BCUT2D eigenvalue weighted by molar-refractivity contribution is -0.149. The minimum Gasteiger partial charge on any atom is -0.480 e. The maximum Gasteiger partial charge on any atom is 0.407 e. The van der Waals surface area contributed by atoms with Crippen molar-refractivity contribution in [2.24, 2.45) is 17.8 Å². The highest BCUT2D eigenvalue weighted by molar-refractivity contribution is 8.00. The second kappa shape index (κ2) is 46.7. The molecule has 5 aromatic carbocycles. The Morgan fingerprint density at radius 1 is 0.472 bits per heavy atom. The van der Waals surface area contributed by atoms with Gasteiger partial charge in [-0.05, 0) is 178 Å². The van der Waals surface area contributed by atoms with Gasteiger partial charge in [-0.15, -0.1) is 11.8 Å². The van der Waals surface area contributed by atoms with Gasteiger partial charge in [-0.3, -0.25) is 47.9 Å². The molecule has 1 aliphatic carbocycles. The number of fused-ring (bicyclic) bond motifs is 3. The number of likely N-dealkylation sites (tertiary alicyclic amines) is 2. The summed E-state index contributed by atoms with van der Waals surface area (Å²) in [4.78, 5) is 190. The van der Waals surface area contributed by atoms with Crippen LogP contribution in [0, 0.1) is 17.8 Å². The smallest absolute Gasteiger partial charge is 0.407 e. The fourth-order valence-corrected chi connectivity index (χ4v) is 17.5. The van der Waals surface area contributed by atoms with Crippen molar-refractivity contribution < 1.29 is 86.4 Å². The summed E-state index contributed by atoms with van der Waals surface area (Å²) in [6.45, 7) is 28.3. The molecular weight excluding hydrogens is 1640 g/mol. The number of aliphatic carboxylic acids is 1. The molecule has 30 nitrogen and oxygen atoms in total. The summed E-state index contributed by atoms with van der Waals surface area (Å²) in [6.07, 6.45) is 0.271. The van der Waals surface area contributed by atoms with Gasteiger partial charge in [0.2, 0.25) is 59.1 Å². The average Bonchev–Trinajstić information content (AvgIpc) is 1.25. The van der Waals surface area contributed by atoms with Crippen molar-refractivity contribution in [3.05, 3.63) is 167 Å². The second-order valence-electron chi connectivity index (χ2n) is 36.3. The monoisotopic (exact) mass is 1770 g/mol. The Morgan fingerprint density at radius 3 is 1.50 bits per heavy atom. The molecule has 3 aliphatic rings. The normalized spacial score (nSPS) is 17.4. The Bertz CT molecular complexity index is 4440. The van der Waals surface area contributed by atoms with E-state index in [2.05, 4.69) is 53.2 Å². The third kappa shape index (κ3) is 28.5. The first-order valence-electron chi connectivity index (χ1n) is 44.5. The molecule has 12 amide bonds. The molecule has 0 bridgehead atoms. The van der Waals surface area contributed by atoms with E-state index in [0.717, 1.165) is 38.9 Å². The Morgan fingerprint density at radius 2 is 0.969 bits per heavy atom. The molecule has 5 aromatic rings. The number of carbonyl (C=O) groups excluding carboxylic acids is 12. The van der Waals surface area contributed by atoms with Crippen molar-refractivity contribution in [2.45, 2.75) is 276 Å². The summed E-state index contributed by atoms with van der Waals surface area (Å²) in [5.74, 6) is -10.7. The lowest BCUT2D eigenvalue weighted by Gasteiger charge is -2.36. The molecule has 127 heavy (non-hydrogen) atoms. The van der Waals surface area contributed by atoms with Gasteiger partial charge in [-0.1, -0.05) is 200 Å². The molecule has 2 saturated heterocycles. The van der Waals surface area contributed by atoms with Crippen molar-refractivity contribution >= 4 is 89.0 Å². The number of ether oxygens (including phenoxy) is 4. The van der Waals surface area contributed by atoms with Crippen LogP contribution in [0.5, 0.6) is 0 Å². The highest BCUT2D eigenvalue weighted by Crippen LogP contribution is 2.49. The maximum absolute atomic E-state index is 15.2. The number of nitrogens with zero attached hydrogens (tertiary/aromatic N) is 2. The summed E-state index contributed by atoms with van der Waals surface area (Å²) in [7, 11) is 0. The zero-order chi connectivity index (χ0) is 93.3. The molecule has 11 N–H and O–H groups in total. The SMILES string of the molecule is CC[C@H](C)[C@H](NC(=O)[C@@H]1CCCN1C(=O)[C@@H]1CCCN1C(=O)[C@@H](NC(=O)[C@H](COC(C)(C)C)NC(=O)[C@H](C)NC(=O)[C@@H](NC(=O)[C@H](CCCCNC(=O)OC(C)(C)C)NC(=O)[C@@H](NC(=O)CNC(=O)[C@H](CSC(c1ccccc1)(c1ccccc1)c1ccccc1)NC(=O)OCC1c2ccccc2-c2ccccc21)[C@@H](C)CC)[C@@H](C)OC(C)(C)C)[C@@H](C)CC)C(=O)O. The molecule has 31 heteroatoms. The molecule has 0 radical (unpaired) electrons. The Labute approximate surface area is 751 Å². The summed E-state index contributed by atoms with van der Waals surface area (Å²) in [5.41, 5.74) is 4.04. The van der Waals surface area contributed by atoms with E-state index in [0.29, 0.717) is 32.1 Å². The zero-order valence-electron chi connectivity index (χ0n) is 76.7. The van der Waals surface area contributed by atoms with E-state index < -0.39 is 196 Å². The van der Waals surface area contributed by atoms with Crippen molar-refractivity contribution in [1.82, 2.24) is 63.0 Å². The molecule has 8 rings (SSSR count). The predicted molar refractivity (Wildman–Crippen MR) is 485 cm³/mol. The fraction of sp³-hybridized carbons (Fsp3) is 0.552. The molecule has 0 aromatic heterocycles. The van der Waals surface area contributed by atoms with Crippen LogP contribution in [0.25, 0.3) is 11.1 Å². The summed E-state index contributed by atoms with van der Waals surface area (Å²) < 4.78 is 23.0. The van der Waals surface area contributed by atoms with Gasteiger partial charge in [0.15, 0.2) is 0 Å². The van der Waals surface area contributed by atoms with Gasteiger partial charge in [0, 0.05) is 31.3 Å². The lowest BCUT2D eigenvalue weighted by Crippen LogP contribution is -2.63. The van der Waals surface area contributed by atoms with Gasteiger partial charge in [-0.2, -0.15) is 0 Å². The van der Waals surface area contributed by atoms with Crippen LogP contribution in [0.4, 0.5) is 9.59 Å². The van der Waals surface area contributed by atoms with E-state index in [4.69, 9.17) is 18.9 Å². The van der Waals surface area contributed by atoms with E-state index in [1.54, 1.807) is 90.0 Å². The van der Waals surface area contributed by atoms with Crippen LogP contribution < -0.4 is 53.2 Å². The van der Waals surface area contributed by atoms with Crippen molar-refractivity contribution in [3.63, 3.8) is 0 Å². The van der Waals surface area contributed by atoms with Gasteiger partial charge >= 0.3 is 18.2 Å². The number of hydrogen-bond acceptors (Lipinski definition) is 18. The first-order valence-corrected chi connectivity index (χ1v) is 45.5. The van der Waals surface area contributed by atoms with Gasteiger partial charge in [0.1, 0.15) is 72.6 Å². The lowest BCUT2D eigenvalue weighted by atomic mass is 9.84. The number of rotatable bonds is 43. The van der Waals surface area contributed by atoms with Crippen LogP contribution in [0.1, 0.15) is 216 Å². The number of benzene rings is 5. The van der Waals surface area contributed by atoms with Crippen LogP contribution in [-0.2, 0) is 76.4 Å². The molecule has 2 heterocycles. The number of amides is 12. The Hall–Kier alpha value is -10.9. The van der Waals surface area contributed by atoms with Crippen LogP contribution in [0.15, 0.2) is 140 Å². The van der Waals surface area contributed by atoms with Crippen LogP contribution in [0.3, 0.4) is 0 Å². The van der Waals surface area contributed by atoms with Crippen molar-refractivity contribution in [2.75, 3.05) is 45.1 Å². The van der Waals surface area contributed by atoms with E-state index in [9.17, 15) is 53.1 Å². The van der Waals surface area contributed by atoms with Gasteiger partial charge in [0.05, 0.1) is 35.2 Å². The van der Waals surface area contributed by atoms with Crippen LogP contribution >= 0.6 is 11.8 Å². The third-order valence-corrected chi connectivity index (χ3v) is 24.9. The Balaban J connectivity index is 0.999. The number of carboxylic acids is 1. The molecule has 0 spiro atoms. The molecule has 0 saturated carbocycles. The molecule has 2 fully saturated rings. The number of thioether (sulfide) groups is 1. The van der Waals surface area contributed by atoms with Crippen LogP contribution in [-0.4, -0.2) is 221 Å². The third-order valence-electron chi connectivity index (χ3n) is 23.3. The highest BCUT2D eigenvalue weighted by atomic mass is 32.2. The highest BCUT2D eigenvalue weighted by Gasteiger charge is 2.47. The number of unbranched alkanes of at least 4 members (excludes halogenated alkanes) is 1. The van der Waals surface area contributed by atoms with Gasteiger partial charge < -0.3 is 87.0 Å². The zero-order valence-corrected chi connectivity index (χ0v) is 77.5. The van der Waals surface area contributed by atoms with Crippen LogP contribution in [0.2, 0.25) is 0 Å². The largest absolute Gasteiger partial charge is 0.480 e. The quantitative estimate of drug-likeness (QED) is 0.0128. The first-order chi connectivity index (χ1) is 60.1. The van der Waals surface area contributed by atoms with Gasteiger partial charge in [-0.25, -0.2) is 14.4 Å². The molecular formula is C96H134N12O18S. The van der Waals surface area contributed by atoms with Crippen molar-refractivity contribution in [1.29, 1.82) is 0 Å². The molecule has 14 atom stereocenters. The van der Waals surface area contributed by atoms with E-state index in [-0.39, 0.29) is 70.0 Å². The second-order valence-corrected chi connectivity index (χ2v) is 37.6. The van der Waals surface area contributed by atoms with Gasteiger partial charge in [0.25, 0.3) is 0 Å². The molecule has 2 aliphatic heterocycles. The number of nitrogens with one attached hydrogen (secondary N) is 10. The Kier molecular flexibility index (Phi) is 37.3. The number of carboxylic acid groups (broad SMARTS) is 1. The number of carbonyl (C=O) groups is 13. The summed E-state index contributed by atoms with van der Waals surface area (Å²) in [6, 6.07) is 32.1. The van der Waals surface area contributed by atoms with E-state index >= 15 is 14.4 Å². The number of hydrogen-bond donors (Lipinski definition) is 11.